The quantitative estimate of drug-likeness (QED) is 0.500. The van der Waals surface area contributed by atoms with Crippen LogP contribution in [-0.2, 0) is 17.6 Å². The van der Waals surface area contributed by atoms with Crippen molar-refractivity contribution in [2.24, 2.45) is 0 Å². The highest BCUT2D eigenvalue weighted by atomic mass is 19.1. The SMILES string of the molecule is O=C(Cc1ccc(F)cc1)Nc1ccc(N2CCCCC2)c(C(=O)NCCc2ccccc2)c1. The minimum absolute atomic E-state index is 0.132. The molecule has 0 aliphatic carbocycles. The molecule has 1 saturated heterocycles. The van der Waals surface area contributed by atoms with Crippen molar-refractivity contribution in [3.8, 4) is 0 Å². The van der Waals surface area contributed by atoms with Crippen molar-refractivity contribution in [1.82, 2.24) is 5.32 Å². The normalized spacial score (nSPS) is 13.4. The van der Waals surface area contributed by atoms with Crippen LogP contribution in [0.15, 0.2) is 72.8 Å². The highest BCUT2D eigenvalue weighted by Crippen LogP contribution is 2.27. The maximum atomic E-state index is 13.2. The van der Waals surface area contributed by atoms with Gasteiger partial charge >= 0.3 is 0 Å². The van der Waals surface area contributed by atoms with Crippen LogP contribution in [0.5, 0.6) is 0 Å². The number of piperidine rings is 1. The predicted molar refractivity (Wildman–Crippen MR) is 134 cm³/mol. The topological polar surface area (TPSA) is 61.4 Å². The molecule has 2 N–H and O–H groups in total. The Morgan fingerprint density at radius 2 is 1.59 bits per heavy atom. The molecule has 1 fully saturated rings. The summed E-state index contributed by atoms with van der Waals surface area (Å²) in [5.74, 6) is -0.695. The van der Waals surface area contributed by atoms with Gasteiger partial charge in [-0.3, -0.25) is 9.59 Å². The second kappa shape index (κ2) is 11.5. The minimum Gasteiger partial charge on any atom is -0.371 e. The van der Waals surface area contributed by atoms with Crippen molar-refractivity contribution >= 4 is 23.2 Å². The Labute approximate surface area is 200 Å². The van der Waals surface area contributed by atoms with E-state index >= 15 is 0 Å². The standard InChI is InChI=1S/C28H30FN3O2/c29-23-11-9-22(10-12-23)19-27(33)31-24-13-14-26(32-17-5-2-6-18-32)25(20-24)28(34)30-16-15-21-7-3-1-4-8-21/h1,3-4,7-14,20H,2,5-6,15-19H2,(H,30,34)(H,31,33). The fourth-order valence-corrected chi connectivity index (χ4v) is 4.26. The number of hydrogen-bond donors (Lipinski definition) is 2. The Bertz CT molecular complexity index is 1110. The Hall–Kier alpha value is -3.67. The molecular weight excluding hydrogens is 429 g/mol. The Morgan fingerprint density at radius 1 is 0.853 bits per heavy atom. The lowest BCUT2D eigenvalue weighted by Crippen LogP contribution is -2.33. The molecule has 0 spiro atoms. The highest BCUT2D eigenvalue weighted by Gasteiger charge is 2.19. The summed E-state index contributed by atoms with van der Waals surface area (Å²) in [5, 5.41) is 5.92. The third-order valence-electron chi connectivity index (χ3n) is 6.04. The molecule has 6 heteroatoms. The van der Waals surface area contributed by atoms with Gasteiger partial charge < -0.3 is 15.5 Å². The number of carbonyl (C=O) groups is 2. The van der Waals surface area contributed by atoms with Crippen molar-refractivity contribution in [3.05, 3.63) is 95.3 Å². The molecule has 3 aromatic carbocycles. The van der Waals surface area contributed by atoms with Gasteiger partial charge in [-0.2, -0.15) is 0 Å². The molecule has 0 bridgehead atoms. The highest BCUT2D eigenvalue weighted by molar-refractivity contribution is 6.02. The van der Waals surface area contributed by atoms with E-state index in [2.05, 4.69) is 15.5 Å². The van der Waals surface area contributed by atoms with Crippen molar-refractivity contribution < 1.29 is 14.0 Å². The second-order valence-corrected chi connectivity index (χ2v) is 8.62. The van der Waals surface area contributed by atoms with Gasteiger partial charge in [0.1, 0.15) is 5.82 Å². The van der Waals surface area contributed by atoms with E-state index in [1.807, 2.05) is 42.5 Å². The Kier molecular flexibility index (Phi) is 7.91. The Balaban J connectivity index is 1.47. The van der Waals surface area contributed by atoms with Crippen molar-refractivity contribution in [2.45, 2.75) is 32.1 Å². The lowest BCUT2D eigenvalue weighted by Gasteiger charge is -2.30. The first-order chi connectivity index (χ1) is 16.6. The van der Waals surface area contributed by atoms with Gasteiger partial charge in [-0.15, -0.1) is 0 Å². The number of carbonyl (C=O) groups excluding carboxylic acids is 2. The molecule has 34 heavy (non-hydrogen) atoms. The van der Waals surface area contributed by atoms with Gasteiger partial charge in [0.05, 0.1) is 12.0 Å². The largest absolute Gasteiger partial charge is 0.371 e. The van der Waals surface area contributed by atoms with Gasteiger partial charge in [-0.1, -0.05) is 42.5 Å². The number of nitrogens with zero attached hydrogens (tertiary/aromatic N) is 1. The summed E-state index contributed by atoms with van der Waals surface area (Å²) in [6.45, 7) is 2.37. The van der Waals surface area contributed by atoms with Crippen molar-refractivity contribution in [1.29, 1.82) is 0 Å². The number of nitrogens with one attached hydrogen (secondary N) is 2. The molecule has 1 aliphatic heterocycles. The number of amides is 2. The molecule has 0 saturated carbocycles. The molecule has 4 rings (SSSR count). The fourth-order valence-electron chi connectivity index (χ4n) is 4.26. The van der Waals surface area contributed by atoms with Gasteiger partial charge in [0.2, 0.25) is 5.91 Å². The molecule has 0 aromatic heterocycles. The van der Waals surface area contributed by atoms with Crippen molar-refractivity contribution in [3.63, 3.8) is 0 Å². The molecule has 0 unspecified atom stereocenters. The number of hydrogen-bond acceptors (Lipinski definition) is 3. The summed E-state index contributed by atoms with van der Waals surface area (Å²) in [4.78, 5) is 28.0. The zero-order valence-corrected chi connectivity index (χ0v) is 19.2. The van der Waals surface area contributed by atoms with E-state index < -0.39 is 0 Å². The van der Waals surface area contributed by atoms with E-state index in [0.717, 1.165) is 43.6 Å². The molecule has 176 valence electrons. The van der Waals surface area contributed by atoms with E-state index in [9.17, 15) is 14.0 Å². The van der Waals surface area contributed by atoms with Gasteiger partial charge in [0.15, 0.2) is 0 Å². The summed E-state index contributed by atoms with van der Waals surface area (Å²) < 4.78 is 13.1. The third kappa shape index (κ3) is 6.44. The monoisotopic (exact) mass is 459 g/mol. The first-order valence-corrected chi connectivity index (χ1v) is 11.8. The van der Waals surface area contributed by atoms with Crippen molar-refractivity contribution in [2.75, 3.05) is 29.9 Å². The molecular formula is C28H30FN3O2. The van der Waals surface area contributed by atoms with E-state index in [-0.39, 0.29) is 24.1 Å². The summed E-state index contributed by atoms with van der Waals surface area (Å²) in [5.41, 5.74) is 3.92. The van der Waals surface area contributed by atoms with Crippen LogP contribution in [0.2, 0.25) is 0 Å². The second-order valence-electron chi connectivity index (χ2n) is 8.62. The zero-order chi connectivity index (χ0) is 23.8. The molecule has 5 nitrogen and oxygen atoms in total. The van der Waals surface area contributed by atoms with E-state index in [0.29, 0.717) is 17.8 Å². The maximum absolute atomic E-state index is 13.2. The van der Waals surface area contributed by atoms with Crippen LogP contribution in [0.3, 0.4) is 0 Å². The van der Waals surface area contributed by atoms with Gasteiger partial charge in [0.25, 0.3) is 5.91 Å². The average Bonchev–Trinajstić information content (AvgIpc) is 2.86. The molecule has 2 amide bonds. The molecule has 0 radical (unpaired) electrons. The molecule has 1 aliphatic rings. The summed E-state index contributed by atoms with van der Waals surface area (Å²) in [6.07, 6.45) is 4.29. The molecule has 3 aromatic rings. The van der Waals surface area contributed by atoms with Crippen LogP contribution >= 0.6 is 0 Å². The van der Waals surface area contributed by atoms with Gasteiger partial charge in [-0.25, -0.2) is 4.39 Å². The van der Waals surface area contributed by atoms with Gasteiger partial charge in [-0.05, 0) is 67.1 Å². The lowest BCUT2D eigenvalue weighted by atomic mass is 10.1. The van der Waals surface area contributed by atoms with Crippen LogP contribution in [0.25, 0.3) is 0 Å². The van der Waals surface area contributed by atoms with Crippen LogP contribution in [0, 0.1) is 5.82 Å². The van der Waals surface area contributed by atoms with E-state index in [1.165, 1.54) is 24.1 Å². The first-order valence-electron chi connectivity index (χ1n) is 11.8. The minimum atomic E-state index is -0.333. The summed E-state index contributed by atoms with van der Waals surface area (Å²) >= 11 is 0. The van der Waals surface area contributed by atoms with Crippen LogP contribution in [-0.4, -0.2) is 31.4 Å². The zero-order valence-electron chi connectivity index (χ0n) is 19.2. The van der Waals surface area contributed by atoms with E-state index in [4.69, 9.17) is 0 Å². The third-order valence-corrected chi connectivity index (χ3v) is 6.04. The summed E-state index contributed by atoms with van der Waals surface area (Å²) in [7, 11) is 0. The number of benzene rings is 3. The summed E-state index contributed by atoms with van der Waals surface area (Å²) in [6, 6.07) is 21.4. The fraction of sp³-hybridized carbons (Fsp3) is 0.286. The van der Waals surface area contributed by atoms with E-state index in [1.54, 1.807) is 18.2 Å². The molecule has 1 heterocycles. The number of rotatable bonds is 8. The van der Waals surface area contributed by atoms with Crippen LogP contribution in [0.4, 0.5) is 15.8 Å². The van der Waals surface area contributed by atoms with Gasteiger partial charge in [0, 0.05) is 31.0 Å². The van der Waals surface area contributed by atoms with Crippen LogP contribution in [0.1, 0.15) is 40.7 Å². The predicted octanol–water partition coefficient (Wildman–Crippen LogP) is 4.97. The smallest absolute Gasteiger partial charge is 0.253 e. The maximum Gasteiger partial charge on any atom is 0.253 e. The average molecular weight is 460 g/mol. The molecule has 0 atom stereocenters. The number of anilines is 2. The van der Waals surface area contributed by atoms with Crippen LogP contribution < -0.4 is 15.5 Å². The lowest BCUT2D eigenvalue weighted by molar-refractivity contribution is -0.115. The first kappa shape index (κ1) is 23.5. The number of halogens is 1. The Morgan fingerprint density at radius 3 is 2.32 bits per heavy atom.